The monoisotopic (exact) mass is 425 g/mol. The first kappa shape index (κ1) is 20.0. The lowest BCUT2D eigenvalue weighted by atomic mass is 9.84. The van der Waals surface area contributed by atoms with Gasteiger partial charge in [-0.15, -0.1) is 0 Å². The van der Waals surface area contributed by atoms with E-state index in [1.807, 2.05) is 18.3 Å². The third-order valence-corrected chi connectivity index (χ3v) is 7.38. The molecule has 0 spiro atoms. The number of aromatic nitrogens is 3. The average Bonchev–Trinajstić information content (AvgIpc) is 3.23. The molecule has 1 aliphatic carbocycles. The Kier molecular flexibility index (Phi) is 6.02. The van der Waals surface area contributed by atoms with E-state index in [9.17, 15) is 4.39 Å². The number of H-pyrrole nitrogens is 1. The molecule has 2 fully saturated rings. The van der Waals surface area contributed by atoms with Gasteiger partial charge in [0.1, 0.15) is 5.82 Å². The second kappa shape index (κ2) is 9.04. The molecule has 3 heterocycles. The summed E-state index contributed by atoms with van der Waals surface area (Å²) in [5, 5.41) is 0. The molecule has 1 saturated carbocycles. The van der Waals surface area contributed by atoms with Crippen LogP contribution in [-0.2, 0) is 0 Å². The summed E-state index contributed by atoms with van der Waals surface area (Å²) in [6.07, 6.45) is 10.6. The number of hydrogen-bond acceptors (Lipinski definition) is 5. The zero-order chi connectivity index (χ0) is 20.3. The highest BCUT2D eigenvalue weighted by Gasteiger charge is 2.24. The summed E-state index contributed by atoms with van der Waals surface area (Å²) in [7, 11) is 0. The Balaban J connectivity index is 1.21. The van der Waals surface area contributed by atoms with Gasteiger partial charge in [-0.3, -0.25) is 0 Å². The maximum atomic E-state index is 13.2. The topological polar surface area (TPSA) is 56.8 Å². The van der Waals surface area contributed by atoms with Gasteiger partial charge in [0, 0.05) is 42.5 Å². The van der Waals surface area contributed by atoms with E-state index in [4.69, 9.17) is 4.98 Å². The summed E-state index contributed by atoms with van der Waals surface area (Å²) in [5.41, 5.74) is 3.99. The molecule has 3 aromatic rings. The van der Waals surface area contributed by atoms with Crippen LogP contribution in [0.15, 0.2) is 36.5 Å². The Morgan fingerprint density at radius 1 is 1.03 bits per heavy atom. The van der Waals surface area contributed by atoms with Gasteiger partial charge in [0.15, 0.2) is 5.82 Å². The maximum Gasteiger partial charge on any atom is 0.159 e. The summed E-state index contributed by atoms with van der Waals surface area (Å²) in [6.45, 7) is 2.42. The fraction of sp³-hybridized carbons (Fsp3) is 0.478. The standard InChI is InChI=1S/C23H28FN5S/c24-18-8-4-17(5-9-18)23-25-15-22-21(27-23)14-20(26-22)16-6-10-19(11-7-16)28-30-29-12-2-1-3-13-29/h4-5,8-9,14-16,19,26,28H,1-3,6-7,10-13H2. The molecule has 5 rings (SSSR count). The van der Waals surface area contributed by atoms with Gasteiger partial charge in [-0.1, -0.05) is 6.42 Å². The molecule has 2 aliphatic rings. The minimum absolute atomic E-state index is 0.247. The number of fused-ring (bicyclic) bond motifs is 1. The molecule has 30 heavy (non-hydrogen) atoms. The Labute approximate surface area is 181 Å². The van der Waals surface area contributed by atoms with Gasteiger partial charge in [-0.2, -0.15) is 0 Å². The van der Waals surface area contributed by atoms with E-state index in [2.05, 4.69) is 25.1 Å². The molecule has 2 N–H and O–H groups in total. The van der Waals surface area contributed by atoms with Crippen LogP contribution in [-0.4, -0.2) is 38.4 Å². The van der Waals surface area contributed by atoms with Gasteiger partial charge < -0.3 is 4.98 Å². The molecule has 7 heteroatoms. The Morgan fingerprint density at radius 3 is 2.57 bits per heavy atom. The largest absolute Gasteiger partial charge is 0.356 e. The molecule has 0 amide bonds. The molecule has 0 unspecified atom stereocenters. The Morgan fingerprint density at radius 2 is 1.80 bits per heavy atom. The molecule has 0 radical (unpaired) electrons. The molecule has 5 nitrogen and oxygen atoms in total. The molecule has 2 aromatic heterocycles. The van der Waals surface area contributed by atoms with Crippen LogP contribution in [0.3, 0.4) is 0 Å². The smallest absolute Gasteiger partial charge is 0.159 e. The lowest BCUT2D eigenvalue weighted by Gasteiger charge is -2.31. The van der Waals surface area contributed by atoms with Crippen LogP contribution >= 0.6 is 12.1 Å². The number of rotatable bonds is 5. The van der Waals surface area contributed by atoms with Crippen LogP contribution in [0.25, 0.3) is 22.4 Å². The fourth-order valence-corrected chi connectivity index (χ4v) is 5.50. The van der Waals surface area contributed by atoms with E-state index in [0.717, 1.165) is 16.6 Å². The van der Waals surface area contributed by atoms with Gasteiger partial charge in [0.25, 0.3) is 0 Å². The van der Waals surface area contributed by atoms with Crippen LogP contribution in [0.1, 0.15) is 56.6 Å². The van der Waals surface area contributed by atoms with Gasteiger partial charge >= 0.3 is 0 Å². The first-order valence-corrected chi connectivity index (χ1v) is 11.8. The number of aromatic amines is 1. The van der Waals surface area contributed by atoms with Crippen molar-refractivity contribution in [2.75, 3.05) is 13.1 Å². The molecular formula is C23H28FN5S. The third-order valence-electron chi connectivity index (χ3n) is 6.32. The third kappa shape index (κ3) is 4.53. The normalized spacial score (nSPS) is 23.1. The van der Waals surface area contributed by atoms with Crippen molar-refractivity contribution in [3.8, 4) is 11.4 Å². The Hall–Kier alpha value is -1.96. The highest BCUT2D eigenvalue weighted by Crippen LogP contribution is 2.34. The van der Waals surface area contributed by atoms with E-state index in [0.29, 0.717) is 17.8 Å². The first-order chi connectivity index (χ1) is 14.7. The zero-order valence-corrected chi connectivity index (χ0v) is 17.9. The predicted molar refractivity (Wildman–Crippen MR) is 120 cm³/mol. The molecule has 0 bridgehead atoms. The highest BCUT2D eigenvalue weighted by molar-refractivity contribution is 7.95. The molecule has 0 atom stereocenters. The van der Waals surface area contributed by atoms with Gasteiger partial charge in [-0.25, -0.2) is 23.4 Å². The van der Waals surface area contributed by atoms with E-state index in [1.165, 1.54) is 75.9 Å². The zero-order valence-electron chi connectivity index (χ0n) is 17.1. The van der Waals surface area contributed by atoms with E-state index < -0.39 is 0 Å². The first-order valence-electron chi connectivity index (χ1n) is 11.0. The van der Waals surface area contributed by atoms with Crippen molar-refractivity contribution in [2.24, 2.45) is 0 Å². The summed E-state index contributed by atoms with van der Waals surface area (Å²) < 4.78 is 19.4. The van der Waals surface area contributed by atoms with Crippen LogP contribution < -0.4 is 4.72 Å². The van der Waals surface area contributed by atoms with Crippen LogP contribution in [0, 0.1) is 5.82 Å². The lowest BCUT2D eigenvalue weighted by Crippen LogP contribution is -2.33. The van der Waals surface area contributed by atoms with Crippen molar-refractivity contribution in [3.63, 3.8) is 0 Å². The number of nitrogens with one attached hydrogen (secondary N) is 2. The number of benzene rings is 1. The molecule has 1 aromatic carbocycles. The summed E-state index contributed by atoms with van der Waals surface area (Å²) >= 11 is 1.84. The van der Waals surface area contributed by atoms with Gasteiger partial charge in [0.05, 0.1) is 17.2 Å². The lowest BCUT2D eigenvalue weighted by molar-refractivity contribution is 0.357. The van der Waals surface area contributed by atoms with E-state index >= 15 is 0 Å². The van der Waals surface area contributed by atoms with Gasteiger partial charge in [0.2, 0.25) is 0 Å². The molecule has 158 valence electrons. The predicted octanol–water partition coefficient (Wildman–Crippen LogP) is 5.43. The minimum atomic E-state index is -0.247. The number of nitrogens with zero attached hydrogens (tertiary/aromatic N) is 3. The van der Waals surface area contributed by atoms with Crippen molar-refractivity contribution in [2.45, 2.75) is 56.9 Å². The fourth-order valence-electron chi connectivity index (χ4n) is 4.53. The van der Waals surface area contributed by atoms with Crippen molar-refractivity contribution in [1.82, 2.24) is 24.0 Å². The van der Waals surface area contributed by atoms with Crippen molar-refractivity contribution < 1.29 is 4.39 Å². The maximum absolute atomic E-state index is 13.2. The summed E-state index contributed by atoms with van der Waals surface area (Å²) in [4.78, 5) is 12.7. The molecular weight excluding hydrogens is 397 g/mol. The second-order valence-corrected chi connectivity index (χ2v) is 9.41. The minimum Gasteiger partial charge on any atom is -0.356 e. The van der Waals surface area contributed by atoms with Crippen molar-refractivity contribution in [3.05, 3.63) is 48.0 Å². The highest BCUT2D eigenvalue weighted by atomic mass is 32.2. The quantitative estimate of drug-likeness (QED) is 0.534. The Bertz CT molecular complexity index is 975. The van der Waals surface area contributed by atoms with Crippen molar-refractivity contribution in [1.29, 1.82) is 0 Å². The summed E-state index contributed by atoms with van der Waals surface area (Å²) in [5.74, 6) is 0.936. The van der Waals surface area contributed by atoms with Gasteiger partial charge in [-0.05, 0) is 74.8 Å². The van der Waals surface area contributed by atoms with Crippen LogP contribution in [0.4, 0.5) is 4.39 Å². The van der Waals surface area contributed by atoms with Crippen LogP contribution in [0.5, 0.6) is 0 Å². The molecule has 1 saturated heterocycles. The van der Waals surface area contributed by atoms with E-state index in [1.54, 1.807) is 12.1 Å². The summed E-state index contributed by atoms with van der Waals surface area (Å²) in [6, 6.07) is 9.11. The molecule has 1 aliphatic heterocycles. The van der Waals surface area contributed by atoms with Crippen molar-refractivity contribution >= 4 is 23.2 Å². The number of hydrogen-bond donors (Lipinski definition) is 2. The van der Waals surface area contributed by atoms with Crippen LogP contribution in [0.2, 0.25) is 0 Å². The SMILES string of the molecule is Fc1ccc(-c2ncc3[nH]c(C4CCC(NSN5CCCCC5)CC4)cc3n2)cc1. The second-order valence-electron chi connectivity index (χ2n) is 8.47. The number of piperidine rings is 1. The number of halogens is 1. The van der Waals surface area contributed by atoms with E-state index in [-0.39, 0.29) is 5.82 Å². The average molecular weight is 426 g/mol.